The number of halogens is 2. The van der Waals surface area contributed by atoms with Gasteiger partial charge in [-0.25, -0.2) is 14.4 Å². The smallest absolute Gasteiger partial charge is 0.229 e. The van der Waals surface area contributed by atoms with Crippen LogP contribution in [0.1, 0.15) is 39.7 Å². The number of pyridine rings is 1. The van der Waals surface area contributed by atoms with E-state index >= 15 is 0 Å². The van der Waals surface area contributed by atoms with Crippen LogP contribution in [0, 0.1) is 5.82 Å². The predicted molar refractivity (Wildman–Crippen MR) is 107 cm³/mol. The quantitative estimate of drug-likeness (QED) is 0.638. The Hall–Kier alpha value is -2.51. The maximum atomic E-state index is 13.1. The van der Waals surface area contributed by atoms with Crippen LogP contribution in [0.15, 0.2) is 36.4 Å². The van der Waals surface area contributed by atoms with E-state index in [0.29, 0.717) is 27.8 Å². The van der Waals surface area contributed by atoms with Crippen molar-refractivity contribution < 1.29 is 14.3 Å². The third-order valence-electron chi connectivity index (χ3n) is 4.36. The largest absolute Gasteiger partial charge is 0.385 e. The van der Waals surface area contributed by atoms with Crippen molar-refractivity contribution in [2.45, 2.75) is 45.3 Å². The fourth-order valence-corrected chi connectivity index (χ4v) is 3.19. The number of amides is 1. The average Bonchev–Trinajstić information content (AvgIpc) is 2.91. The van der Waals surface area contributed by atoms with Gasteiger partial charge in [-0.3, -0.25) is 14.7 Å². The van der Waals surface area contributed by atoms with Gasteiger partial charge in [0.1, 0.15) is 16.5 Å². The van der Waals surface area contributed by atoms with Crippen LogP contribution in [0.25, 0.3) is 11.2 Å². The molecule has 0 bridgehead atoms. The van der Waals surface area contributed by atoms with Crippen molar-refractivity contribution in [3.8, 4) is 0 Å². The molecule has 0 radical (unpaired) electrons. The Kier molecular flexibility index (Phi) is 5.16. The third kappa shape index (κ3) is 4.15. The maximum Gasteiger partial charge on any atom is 0.229 e. The molecule has 1 unspecified atom stereocenters. The molecule has 0 aliphatic heterocycles. The van der Waals surface area contributed by atoms with Crippen LogP contribution in [0.5, 0.6) is 0 Å². The van der Waals surface area contributed by atoms with Gasteiger partial charge in [-0.05, 0) is 57.5 Å². The number of nitrogens with one attached hydrogen (secondary N) is 1. The number of carbonyl (C=O) groups excluding carboxylic acids is 1. The molecule has 0 spiro atoms. The summed E-state index contributed by atoms with van der Waals surface area (Å²) in [6.45, 7) is 7.39. The first kappa shape index (κ1) is 20.2. The fourth-order valence-electron chi connectivity index (χ4n) is 3.05. The monoisotopic (exact) mass is 404 g/mol. The Morgan fingerprint density at radius 1 is 1.14 bits per heavy atom. The normalized spacial score (nSPS) is 14.1. The minimum atomic E-state index is -1.46. The Labute approximate surface area is 167 Å². The van der Waals surface area contributed by atoms with Gasteiger partial charge in [0.15, 0.2) is 5.65 Å². The number of benzene rings is 1. The molecule has 148 valence electrons. The molecule has 0 aliphatic carbocycles. The number of aliphatic hydroxyl groups is 1. The number of fused-ring (bicyclic) bond motifs is 1. The molecule has 1 amide bonds. The van der Waals surface area contributed by atoms with E-state index in [1.54, 1.807) is 16.7 Å². The first-order valence-electron chi connectivity index (χ1n) is 8.81. The van der Waals surface area contributed by atoms with Gasteiger partial charge in [0.05, 0.1) is 12.0 Å². The topological polar surface area (TPSA) is 80.0 Å². The number of imidazole rings is 1. The van der Waals surface area contributed by atoms with Crippen LogP contribution in [0.2, 0.25) is 5.15 Å². The van der Waals surface area contributed by atoms with Crippen molar-refractivity contribution in [2.24, 2.45) is 0 Å². The van der Waals surface area contributed by atoms with E-state index in [9.17, 15) is 14.3 Å². The molecule has 3 aromatic rings. The molecule has 1 atom stereocenters. The van der Waals surface area contributed by atoms with Crippen LogP contribution in [0.3, 0.4) is 0 Å². The van der Waals surface area contributed by atoms with Gasteiger partial charge in [-0.15, -0.1) is 0 Å². The van der Waals surface area contributed by atoms with Crippen LogP contribution in [0.4, 0.5) is 10.3 Å². The highest BCUT2D eigenvalue weighted by Crippen LogP contribution is 2.29. The molecule has 0 aliphatic rings. The molecule has 0 saturated carbocycles. The highest BCUT2D eigenvalue weighted by molar-refractivity contribution is 6.29. The number of aromatic nitrogens is 3. The number of nitrogens with zero attached hydrogens (tertiary/aromatic N) is 3. The molecule has 1 aromatic carbocycles. The van der Waals surface area contributed by atoms with E-state index in [0.717, 1.165) is 0 Å². The lowest BCUT2D eigenvalue weighted by Gasteiger charge is -2.25. The summed E-state index contributed by atoms with van der Waals surface area (Å²) in [4.78, 5) is 21.4. The molecule has 0 saturated heterocycles. The first-order valence-corrected chi connectivity index (χ1v) is 9.19. The summed E-state index contributed by atoms with van der Waals surface area (Å²) in [5.41, 5.74) is -0.283. The number of hydrogen-bond acceptors (Lipinski definition) is 4. The first-order chi connectivity index (χ1) is 13.0. The van der Waals surface area contributed by atoms with E-state index < -0.39 is 22.9 Å². The molecular formula is C20H22ClFN4O2. The molecular weight excluding hydrogens is 383 g/mol. The zero-order chi connectivity index (χ0) is 20.7. The highest BCUT2D eigenvalue weighted by atomic mass is 35.5. The number of anilines is 1. The van der Waals surface area contributed by atoms with Gasteiger partial charge in [0, 0.05) is 5.54 Å². The zero-order valence-corrected chi connectivity index (χ0v) is 16.9. The second-order valence-electron chi connectivity index (χ2n) is 7.92. The molecule has 3 rings (SSSR count). The maximum absolute atomic E-state index is 13.1. The second-order valence-corrected chi connectivity index (χ2v) is 8.31. The van der Waals surface area contributed by atoms with Gasteiger partial charge >= 0.3 is 0 Å². The summed E-state index contributed by atoms with van der Waals surface area (Å²) in [5, 5.41) is 13.8. The zero-order valence-electron chi connectivity index (χ0n) is 16.1. The Bertz CT molecular complexity index is 1020. The number of rotatable bonds is 4. The molecule has 2 aromatic heterocycles. The van der Waals surface area contributed by atoms with Crippen molar-refractivity contribution >= 4 is 34.6 Å². The molecule has 2 N–H and O–H groups in total. The van der Waals surface area contributed by atoms with Crippen LogP contribution < -0.4 is 5.32 Å². The summed E-state index contributed by atoms with van der Waals surface area (Å²) in [6, 6.07) is 8.77. The lowest BCUT2D eigenvalue weighted by Crippen LogP contribution is -2.31. The standard InChI is InChI=1S/C20H22ClFN4O2/c1-19(2,3)26-17-14(9-10-15(21)24-17)23-18(26)25-16(27)11-20(4,28)12-5-7-13(22)8-6-12/h5-10,28H,11H2,1-4H3,(H,23,25,27). The minimum Gasteiger partial charge on any atom is -0.385 e. The van der Waals surface area contributed by atoms with Crippen molar-refractivity contribution in [1.82, 2.24) is 14.5 Å². The van der Waals surface area contributed by atoms with Gasteiger partial charge in [0.25, 0.3) is 0 Å². The summed E-state index contributed by atoms with van der Waals surface area (Å²) in [7, 11) is 0. The van der Waals surface area contributed by atoms with Crippen molar-refractivity contribution in [3.63, 3.8) is 0 Å². The number of carbonyl (C=O) groups is 1. The highest BCUT2D eigenvalue weighted by Gasteiger charge is 2.29. The predicted octanol–water partition coefficient (Wildman–Crippen LogP) is 4.22. The molecule has 8 heteroatoms. The Balaban J connectivity index is 1.90. The van der Waals surface area contributed by atoms with E-state index in [1.165, 1.54) is 31.2 Å². The third-order valence-corrected chi connectivity index (χ3v) is 4.57. The summed E-state index contributed by atoms with van der Waals surface area (Å²) in [5.74, 6) is -0.521. The van der Waals surface area contributed by atoms with Gasteiger partial charge in [-0.1, -0.05) is 23.7 Å². The van der Waals surface area contributed by atoms with Gasteiger partial charge < -0.3 is 5.11 Å². The van der Waals surface area contributed by atoms with E-state index in [-0.39, 0.29) is 6.42 Å². The summed E-state index contributed by atoms with van der Waals surface area (Å²) in [6.07, 6.45) is -0.222. The van der Waals surface area contributed by atoms with E-state index in [4.69, 9.17) is 11.6 Å². The second kappa shape index (κ2) is 7.14. The Morgan fingerprint density at radius 2 is 1.79 bits per heavy atom. The van der Waals surface area contributed by atoms with Crippen molar-refractivity contribution in [1.29, 1.82) is 0 Å². The number of hydrogen-bond donors (Lipinski definition) is 2. The summed E-state index contributed by atoms with van der Waals surface area (Å²) >= 11 is 6.02. The van der Waals surface area contributed by atoms with E-state index in [1.807, 2.05) is 20.8 Å². The van der Waals surface area contributed by atoms with Crippen LogP contribution in [-0.2, 0) is 15.9 Å². The van der Waals surface area contributed by atoms with Crippen molar-refractivity contribution in [2.75, 3.05) is 5.32 Å². The molecule has 2 heterocycles. The fraction of sp³-hybridized carbons (Fsp3) is 0.350. The molecule has 6 nitrogen and oxygen atoms in total. The lowest BCUT2D eigenvalue weighted by atomic mass is 9.92. The van der Waals surface area contributed by atoms with E-state index in [2.05, 4.69) is 15.3 Å². The Morgan fingerprint density at radius 3 is 2.39 bits per heavy atom. The van der Waals surface area contributed by atoms with Crippen molar-refractivity contribution in [3.05, 3.63) is 52.9 Å². The molecule has 28 heavy (non-hydrogen) atoms. The average molecular weight is 405 g/mol. The minimum absolute atomic E-state index is 0.222. The SMILES string of the molecule is CC(O)(CC(=O)Nc1nc2ccc(Cl)nc2n1C(C)(C)C)c1ccc(F)cc1. The van der Waals surface area contributed by atoms with Gasteiger partial charge in [0.2, 0.25) is 11.9 Å². The summed E-state index contributed by atoms with van der Waals surface area (Å²) < 4.78 is 14.9. The molecule has 0 fully saturated rings. The van der Waals surface area contributed by atoms with Crippen LogP contribution in [-0.4, -0.2) is 25.5 Å². The van der Waals surface area contributed by atoms with Gasteiger partial charge in [-0.2, -0.15) is 0 Å². The lowest BCUT2D eigenvalue weighted by molar-refractivity contribution is -0.120. The van der Waals surface area contributed by atoms with Crippen LogP contribution >= 0.6 is 11.6 Å².